The van der Waals surface area contributed by atoms with Crippen LogP contribution >= 0.6 is 11.3 Å². The molecule has 1 fully saturated rings. The zero-order valence-electron chi connectivity index (χ0n) is 16.7. The zero-order chi connectivity index (χ0) is 20.1. The van der Waals surface area contributed by atoms with Crippen molar-refractivity contribution in [2.24, 2.45) is 0 Å². The van der Waals surface area contributed by atoms with E-state index < -0.39 is 12.1 Å². The normalized spacial score (nSPS) is 23.2. The van der Waals surface area contributed by atoms with Crippen molar-refractivity contribution in [3.63, 3.8) is 0 Å². The van der Waals surface area contributed by atoms with E-state index in [0.717, 1.165) is 25.7 Å². The second kappa shape index (κ2) is 8.88. The summed E-state index contributed by atoms with van der Waals surface area (Å²) in [5, 5.41) is 5.24. The van der Waals surface area contributed by atoms with E-state index in [-0.39, 0.29) is 17.5 Å². The minimum Gasteiger partial charge on any atom is -0.447 e. The van der Waals surface area contributed by atoms with Gasteiger partial charge in [0, 0.05) is 23.4 Å². The fourth-order valence-electron chi connectivity index (χ4n) is 4.04. The van der Waals surface area contributed by atoms with Gasteiger partial charge < -0.3 is 10.1 Å². The molecule has 1 amide bonds. The molecule has 6 heteroatoms. The molecule has 0 saturated heterocycles. The summed E-state index contributed by atoms with van der Waals surface area (Å²) in [7, 11) is 4.26. The first-order valence-electron chi connectivity index (χ1n) is 9.66. The van der Waals surface area contributed by atoms with Gasteiger partial charge in [-0.05, 0) is 51.2 Å². The molecule has 150 valence electrons. The third-order valence-electron chi connectivity index (χ3n) is 5.62. The topological polar surface area (TPSA) is 58.6 Å². The van der Waals surface area contributed by atoms with Gasteiger partial charge in [-0.15, -0.1) is 11.3 Å². The number of rotatable bonds is 6. The highest BCUT2D eigenvalue weighted by Gasteiger charge is 2.40. The van der Waals surface area contributed by atoms with Gasteiger partial charge in [-0.3, -0.25) is 14.5 Å². The Morgan fingerprint density at radius 3 is 2.36 bits per heavy atom. The van der Waals surface area contributed by atoms with Crippen LogP contribution in [0.2, 0.25) is 0 Å². The van der Waals surface area contributed by atoms with E-state index in [2.05, 4.69) is 41.8 Å². The molecular formula is C22H28N2O3S. The number of hydrogen-bond donors (Lipinski definition) is 1. The van der Waals surface area contributed by atoms with Crippen molar-refractivity contribution < 1.29 is 14.3 Å². The molecule has 1 saturated carbocycles. The van der Waals surface area contributed by atoms with Gasteiger partial charge in [0.15, 0.2) is 0 Å². The average Bonchev–Trinajstić information content (AvgIpc) is 3.22. The monoisotopic (exact) mass is 400 g/mol. The number of thiophene rings is 1. The lowest BCUT2D eigenvalue weighted by Gasteiger charge is -2.44. The maximum Gasteiger partial charge on any atom is 0.303 e. The van der Waals surface area contributed by atoms with Crippen molar-refractivity contribution in [3.05, 3.63) is 58.3 Å². The van der Waals surface area contributed by atoms with Crippen LogP contribution in [-0.2, 0) is 19.9 Å². The summed E-state index contributed by atoms with van der Waals surface area (Å²) in [5.41, 5.74) is 0.719. The first-order chi connectivity index (χ1) is 13.4. The number of benzene rings is 1. The van der Waals surface area contributed by atoms with Gasteiger partial charge in [0.05, 0.1) is 5.54 Å². The second-order valence-corrected chi connectivity index (χ2v) is 8.53. The Morgan fingerprint density at radius 2 is 1.82 bits per heavy atom. The number of carbonyl (C=O) groups is 2. The first kappa shape index (κ1) is 20.6. The van der Waals surface area contributed by atoms with E-state index in [1.807, 2.05) is 30.3 Å². The van der Waals surface area contributed by atoms with E-state index in [1.165, 1.54) is 11.8 Å². The molecular weight excluding hydrogens is 372 g/mol. The summed E-state index contributed by atoms with van der Waals surface area (Å²) in [6, 6.07) is 13.6. The lowest BCUT2D eigenvalue weighted by atomic mass is 9.77. The standard InChI is InChI=1S/C22H28N2O3S/c1-16(25)27-20(17-8-5-4-6-9-17)21(26)23-18-11-13-22(14-12-18,24(2)3)19-10-7-15-28-19/h4-10,15,18,20H,11-14H2,1-3H3,(H,23,26). The maximum absolute atomic E-state index is 12.9. The molecule has 0 bridgehead atoms. The number of carbonyl (C=O) groups excluding carboxylic acids is 2. The summed E-state index contributed by atoms with van der Waals surface area (Å²) in [4.78, 5) is 28.1. The van der Waals surface area contributed by atoms with E-state index >= 15 is 0 Å². The van der Waals surface area contributed by atoms with Crippen molar-refractivity contribution in [3.8, 4) is 0 Å². The Bertz CT molecular complexity index is 781. The van der Waals surface area contributed by atoms with Crippen molar-refractivity contribution in [2.45, 2.75) is 50.3 Å². The van der Waals surface area contributed by atoms with Crippen molar-refractivity contribution >= 4 is 23.2 Å². The van der Waals surface area contributed by atoms with Crippen LogP contribution < -0.4 is 5.32 Å². The highest BCUT2D eigenvalue weighted by Crippen LogP contribution is 2.43. The van der Waals surface area contributed by atoms with Crippen LogP contribution in [0.15, 0.2) is 47.8 Å². The van der Waals surface area contributed by atoms with Crippen LogP contribution in [0, 0.1) is 0 Å². The molecule has 1 heterocycles. The molecule has 1 N–H and O–H groups in total. The van der Waals surface area contributed by atoms with Gasteiger partial charge in [0.1, 0.15) is 0 Å². The third-order valence-corrected chi connectivity index (χ3v) is 6.68. The smallest absolute Gasteiger partial charge is 0.303 e. The molecule has 0 spiro atoms. The Labute approximate surface area is 170 Å². The van der Waals surface area contributed by atoms with E-state index in [1.54, 1.807) is 11.3 Å². The van der Waals surface area contributed by atoms with Crippen LogP contribution in [-0.4, -0.2) is 36.9 Å². The number of hydrogen-bond acceptors (Lipinski definition) is 5. The second-order valence-electron chi connectivity index (χ2n) is 7.59. The molecule has 0 aliphatic heterocycles. The summed E-state index contributed by atoms with van der Waals surface area (Å²) in [6.07, 6.45) is 2.84. The Balaban J connectivity index is 1.67. The summed E-state index contributed by atoms with van der Waals surface area (Å²) < 4.78 is 5.32. The van der Waals surface area contributed by atoms with Gasteiger partial charge in [-0.2, -0.15) is 0 Å². The molecule has 2 aromatic rings. The molecule has 28 heavy (non-hydrogen) atoms. The highest BCUT2D eigenvalue weighted by molar-refractivity contribution is 7.10. The minimum absolute atomic E-state index is 0.0319. The van der Waals surface area contributed by atoms with Crippen LogP contribution in [0.3, 0.4) is 0 Å². The van der Waals surface area contributed by atoms with E-state index in [9.17, 15) is 9.59 Å². The molecule has 0 radical (unpaired) electrons. The van der Waals surface area contributed by atoms with Crippen LogP contribution in [0.25, 0.3) is 0 Å². The average molecular weight is 401 g/mol. The molecule has 5 nitrogen and oxygen atoms in total. The summed E-state index contributed by atoms with van der Waals surface area (Å²) >= 11 is 1.79. The Morgan fingerprint density at radius 1 is 1.14 bits per heavy atom. The van der Waals surface area contributed by atoms with Gasteiger partial charge in [-0.1, -0.05) is 36.4 Å². The lowest BCUT2D eigenvalue weighted by molar-refractivity contribution is -0.154. The van der Waals surface area contributed by atoms with Gasteiger partial charge in [0.25, 0.3) is 5.91 Å². The molecule has 1 aliphatic carbocycles. The summed E-state index contributed by atoms with van der Waals surface area (Å²) in [6.45, 7) is 1.33. The van der Waals surface area contributed by atoms with Crippen molar-refractivity contribution in [2.75, 3.05) is 14.1 Å². The van der Waals surface area contributed by atoms with Gasteiger partial charge in [-0.25, -0.2) is 0 Å². The van der Waals surface area contributed by atoms with Crippen molar-refractivity contribution in [1.29, 1.82) is 0 Å². The Hall–Kier alpha value is -2.18. The zero-order valence-corrected chi connectivity index (χ0v) is 17.5. The first-order valence-corrected chi connectivity index (χ1v) is 10.5. The van der Waals surface area contributed by atoms with Gasteiger partial charge >= 0.3 is 5.97 Å². The molecule has 3 rings (SSSR count). The van der Waals surface area contributed by atoms with Crippen molar-refractivity contribution in [1.82, 2.24) is 10.2 Å². The minimum atomic E-state index is -0.906. The predicted octanol–water partition coefficient (Wildman–Crippen LogP) is 3.87. The number of nitrogens with one attached hydrogen (secondary N) is 1. The number of ether oxygens (including phenoxy) is 1. The number of esters is 1. The molecule has 1 unspecified atom stereocenters. The fourth-order valence-corrected chi connectivity index (χ4v) is 5.11. The Kier molecular flexibility index (Phi) is 6.52. The van der Waals surface area contributed by atoms with Crippen LogP contribution in [0.4, 0.5) is 0 Å². The third kappa shape index (κ3) is 4.45. The van der Waals surface area contributed by atoms with E-state index in [4.69, 9.17) is 4.74 Å². The molecule has 1 atom stereocenters. The largest absolute Gasteiger partial charge is 0.447 e. The maximum atomic E-state index is 12.9. The molecule has 1 aromatic carbocycles. The van der Waals surface area contributed by atoms with Gasteiger partial charge in [0.2, 0.25) is 6.10 Å². The number of nitrogens with zero attached hydrogens (tertiary/aromatic N) is 1. The van der Waals surface area contributed by atoms with E-state index in [0.29, 0.717) is 5.56 Å². The fraction of sp³-hybridized carbons (Fsp3) is 0.455. The molecule has 1 aromatic heterocycles. The quantitative estimate of drug-likeness (QED) is 0.748. The number of amides is 1. The van der Waals surface area contributed by atoms with Crippen LogP contribution in [0.1, 0.15) is 49.2 Å². The van der Waals surface area contributed by atoms with Crippen LogP contribution in [0.5, 0.6) is 0 Å². The SMILES string of the molecule is CC(=O)OC(C(=O)NC1CCC(c2cccs2)(N(C)C)CC1)c1ccccc1. The predicted molar refractivity (Wildman–Crippen MR) is 111 cm³/mol. The summed E-state index contributed by atoms with van der Waals surface area (Å²) in [5.74, 6) is -0.711. The highest BCUT2D eigenvalue weighted by atomic mass is 32.1. The lowest BCUT2D eigenvalue weighted by Crippen LogP contribution is -2.49. The molecule has 1 aliphatic rings.